The second kappa shape index (κ2) is 6.06. The molecule has 1 aliphatic rings. The Labute approximate surface area is 104 Å². The molecule has 0 amide bonds. The Kier molecular flexibility index (Phi) is 4.43. The fourth-order valence-electron chi connectivity index (χ4n) is 1.74. The fourth-order valence-corrected chi connectivity index (χ4v) is 1.74. The quantitative estimate of drug-likeness (QED) is 0.669. The molecule has 0 spiro atoms. The molecule has 1 atom stereocenters. The Bertz CT molecular complexity index is 327. The van der Waals surface area contributed by atoms with Gasteiger partial charge in [-0.15, -0.1) is 0 Å². The Morgan fingerprint density at radius 1 is 1.18 bits per heavy atom. The van der Waals surface area contributed by atoms with E-state index in [9.17, 15) is 0 Å². The molecule has 1 aliphatic carbocycles. The van der Waals surface area contributed by atoms with Crippen LogP contribution in [0.15, 0.2) is 24.3 Å². The molecular weight excluding hydrogens is 212 g/mol. The smallest absolute Gasteiger partial charge is 0.119 e. The first-order valence-electron chi connectivity index (χ1n) is 6.64. The van der Waals surface area contributed by atoms with Gasteiger partial charge in [0.25, 0.3) is 0 Å². The minimum Gasteiger partial charge on any atom is -0.491 e. The largest absolute Gasteiger partial charge is 0.491 e. The lowest BCUT2D eigenvalue weighted by Gasteiger charge is -2.10. The van der Waals surface area contributed by atoms with E-state index in [1.807, 2.05) is 0 Å². The van der Waals surface area contributed by atoms with Crippen molar-refractivity contribution in [2.24, 2.45) is 0 Å². The van der Waals surface area contributed by atoms with Gasteiger partial charge in [-0.05, 0) is 42.9 Å². The molecule has 17 heavy (non-hydrogen) atoms. The van der Waals surface area contributed by atoms with Crippen molar-refractivity contribution in [3.8, 4) is 5.75 Å². The molecule has 2 heteroatoms. The summed E-state index contributed by atoms with van der Waals surface area (Å²) in [5.41, 5.74) is 1.38. The molecule has 1 fully saturated rings. The summed E-state index contributed by atoms with van der Waals surface area (Å²) in [6, 6.07) is 8.42. The summed E-state index contributed by atoms with van der Waals surface area (Å²) in [5.74, 6) is 1.57. The molecule has 0 saturated heterocycles. The van der Waals surface area contributed by atoms with Crippen LogP contribution in [0.3, 0.4) is 0 Å². The monoisotopic (exact) mass is 234 g/mol. The van der Waals surface area contributed by atoms with Crippen molar-refractivity contribution in [1.29, 1.82) is 0 Å². The van der Waals surface area contributed by atoms with E-state index in [1.165, 1.54) is 24.8 Å². The van der Waals surface area contributed by atoms with Crippen LogP contribution in [-0.4, -0.2) is 19.3 Å². The lowest BCUT2D eigenvalue weighted by Crippen LogP contribution is -2.07. The van der Waals surface area contributed by atoms with Gasteiger partial charge >= 0.3 is 0 Å². The van der Waals surface area contributed by atoms with Crippen molar-refractivity contribution < 1.29 is 9.47 Å². The van der Waals surface area contributed by atoms with Crippen LogP contribution in [0.1, 0.15) is 44.6 Å². The first-order chi connectivity index (χ1) is 8.29. The average molecular weight is 234 g/mol. The summed E-state index contributed by atoms with van der Waals surface area (Å²) in [7, 11) is 0. The molecule has 0 N–H and O–H groups in total. The van der Waals surface area contributed by atoms with Gasteiger partial charge in [0.05, 0.1) is 12.7 Å². The van der Waals surface area contributed by atoms with Crippen LogP contribution in [0.25, 0.3) is 0 Å². The molecule has 0 bridgehead atoms. The van der Waals surface area contributed by atoms with E-state index in [1.54, 1.807) is 0 Å². The van der Waals surface area contributed by atoms with Crippen molar-refractivity contribution in [1.82, 2.24) is 0 Å². The first kappa shape index (κ1) is 12.4. The third kappa shape index (κ3) is 4.04. The van der Waals surface area contributed by atoms with E-state index in [0.29, 0.717) is 25.2 Å². The van der Waals surface area contributed by atoms with Gasteiger partial charge in [0.1, 0.15) is 12.4 Å². The van der Waals surface area contributed by atoms with Gasteiger partial charge in [-0.25, -0.2) is 0 Å². The zero-order chi connectivity index (χ0) is 12.1. The molecule has 0 aromatic heterocycles. The predicted molar refractivity (Wildman–Crippen MR) is 69.6 cm³/mol. The maximum Gasteiger partial charge on any atom is 0.119 e. The molecule has 0 aliphatic heterocycles. The summed E-state index contributed by atoms with van der Waals surface area (Å²) in [6.07, 6.45) is 4.15. The van der Waals surface area contributed by atoms with Crippen LogP contribution in [0, 0.1) is 0 Å². The van der Waals surface area contributed by atoms with Crippen molar-refractivity contribution in [2.75, 3.05) is 13.2 Å². The molecule has 1 unspecified atom stereocenters. The number of hydrogen-bond acceptors (Lipinski definition) is 2. The van der Waals surface area contributed by atoms with E-state index in [2.05, 4.69) is 38.1 Å². The number of rotatable bonds is 7. The highest BCUT2D eigenvalue weighted by molar-refractivity contribution is 5.29. The molecule has 1 aromatic carbocycles. The number of hydrogen-bond donors (Lipinski definition) is 0. The van der Waals surface area contributed by atoms with E-state index >= 15 is 0 Å². The minimum absolute atomic E-state index is 0.520. The summed E-state index contributed by atoms with van der Waals surface area (Å²) in [6.45, 7) is 5.82. The molecule has 1 saturated carbocycles. The van der Waals surface area contributed by atoms with E-state index in [-0.39, 0.29) is 0 Å². The third-order valence-electron chi connectivity index (χ3n) is 3.29. The molecule has 0 heterocycles. The SMILES string of the molecule is CCC(C)c1ccc(OCCOC2CC2)cc1. The van der Waals surface area contributed by atoms with E-state index in [4.69, 9.17) is 9.47 Å². The Balaban J connectivity index is 1.72. The highest BCUT2D eigenvalue weighted by Crippen LogP contribution is 2.23. The molecule has 1 aromatic rings. The summed E-state index contributed by atoms with van der Waals surface area (Å²) < 4.78 is 11.2. The van der Waals surface area contributed by atoms with Gasteiger partial charge in [-0.1, -0.05) is 26.0 Å². The summed E-state index contributed by atoms with van der Waals surface area (Å²) >= 11 is 0. The van der Waals surface area contributed by atoms with Gasteiger partial charge in [-0.3, -0.25) is 0 Å². The molecule has 0 radical (unpaired) electrons. The predicted octanol–water partition coefficient (Wildman–Crippen LogP) is 3.76. The summed E-state index contributed by atoms with van der Waals surface area (Å²) in [4.78, 5) is 0. The Hall–Kier alpha value is -1.02. The maximum absolute atomic E-state index is 5.63. The normalized spacial score (nSPS) is 16.8. The highest BCUT2D eigenvalue weighted by atomic mass is 16.5. The lowest BCUT2D eigenvalue weighted by atomic mass is 9.99. The standard InChI is InChI=1S/C15H22O2/c1-3-12(2)13-4-6-14(7-5-13)16-10-11-17-15-8-9-15/h4-7,12,15H,3,8-11H2,1-2H3. The van der Waals surface area contributed by atoms with E-state index in [0.717, 1.165) is 5.75 Å². The minimum atomic E-state index is 0.520. The van der Waals surface area contributed by atoms with Crippen LogP contribution in [0.2, 0.25) is 0 Å². The fraction of sp³-hybridized carbons (Fsp3) is 0.600. The zero-order valence-electron chi connectivity index (χ0n) is 10.8. The highest BCUT2D eigenvalue weighted by Gasteiger charge is 2.21. The lowest BCUT2D eigenvalue weighted by molar-refractivity contribution is 0.0881. The molecule has 94 valence electrons. The zero-order valence-corrected chi connectivity index (χ0v) is 10.8. The molecule has 2 rings (SSSR count). The topological polar surface area (TPSA) is 18.5 Å². The van der Waals surface area contributed by atoms with Crippen molar-refractivity contribution in [2.45, 2.75) is 45.1 Å². The second-order valence-corrected chi connectivity index (χ2v) is 4.80. The first-order valence-corrected chi connectivity index (χ1v) is 6.64. The van der Waals surface area contributed by atoms with Crippen molar-refractivity contribution in [3.05, 3.63) is 29.8 Å². The summed E-state index contributed by atoms with van der Waals surface area (Å²) in [5, 5.41) is 0. The third-order valence-corrected chi connectivity index (χ3v) is 3.29. The van der Waals surface area contributed by atoms with Gasteiger partial charge < -0.3 is 9.47 Å². The van der Waals surface area contributed by atoms with Crippen LogP contribution in [0.4, 0.5) is 0 Å². The van der Waals surface area contributed by atoms with Crippen LogP contribution >= 0.6 is 0 Å². The van der Waals surface area contributed by atoms with Crippen LogP contribution < -0.4 is 4.74 Å². The van der Waals surface area contributed by atoms with Crippen LogP contribution in [0.5, 0.6) is 5.75 Å². The van der Waals surface area contributed by atoms with E-state index < -0.39 is 0 Å². The van der Waals surface area contributed by atoms with Gasteiger partial charge in [0.15, 0.2) is 0 Å². The van der Waals surface area contributed by atoms with Crippen molar-refractivity contribution >= 4 is 0 Å². The van der Waals surface area contributed by atoms with Crippen molar-refractivity contribution in [3.63, 3.8) is 0 Å². The molecule has 2 nitrogen and oxygen atoms in total. The maximum atomic E-state index is 5.63. The van der Waals surface area contributed by atoms with Crippen LogP contribution in [-0.2, 0) is 4.74 Å². The van der Waals surface area contributed by atoms with Gasteiger partial charge in [-0.2, -0.15) is 0 Å². The number of benzene rings is 1. The Morgan fingerprint density at radius 2 is 1.88 bits per heavy atom. The van der Waals surface area contributed by atoms with Gasteiger partial charge in [0.2, 0.25) is 0 Å². The Morgan fingerprint density at radius 3 is 2.47 bits per heavy atom. The number of ether oxygens (including phenoxy) is 2. The van der Waals surface area contributed by atoms with Gasteiger partial charge in [0, 0.05) is 0 Å². The average Bonchev–Trinajstić information content (AvgIpc) is 3.18. The second-order valence-electron chi connectivity index (χ2n) is 4.80. The molecular formula is C15H22O2.